The van der Waals surface area contributed by atoms with Crippen LogP contribution >= 0.6 is 0 Å². The minimum Gasteiger partial charge on any atom is -0.343 e. The fourth-order valence-corrected chi connectivity index (χ4v) is 2.28. The molecule has 0 radical (unpaired) electrons. The Morgan fingerprint density at radius 2 is 1.65 bits per heavy atom. The van der Waals surface area contributed by atoms with Gasteiger partial charge in [0.1, 0.15) is 0 Å². The summed E-state index contributed by atoms with van der Waals surface area (Å²) in [5.74, 6) is -0.176. The fraction of sp³-hybridized carbons (Fsp3) is 0.263. The minimum atomic E-state index is -0.253. The van der Waals surface area contributed by atoms with Gasteiger partial charge in [-0.05, 0) is 36.6 Å². The van der Waals surface area contributed by atoms with E-state index in [0.29, 0.717) is 11.5 Å². The standard InChI is InChI=1S/C19H22N2O2/c1-13(2)16-6-4-5-7-17(16)21-18(22)12-20-19(23)15-10-8-14(3)9-11-15/h4-11,13H,12H2,1-3H3,(H,20,23)(H,21,22). The van der Waals surface area contributed by atoms with E-state index in [4.69, 9.17) is 0 Å². The Morgan fingerprint density at radius 1 is 1.00 bits per heavy atom. The van der Waals surface area contributed by atoms with Crippen molar-refractivity contribution in [1.82, 2.24) is 5.32 Å². The lowest BCUT2D eigenvalue weighted by molar-refractivity contribution is -0.115. The maximum absolute atomic E-state index is 12.1. The number of para-hydroxylation sites is 1. The van der Waals surface area contributed by atoms with Crippen LogP contribution in [0.5, 0.6) is 0 Å². The summed E-state index contributed by atoms with van der Waals surface area (Å²) in [6, 6.07) is 14.9. The van der Waals surface area contributed by atoms with Crippen LogP contribution in [0.25, 0.3) is 0 Å². The van der Waals surface area contributed by atoms with E-state index in [9.17, 15) is 9.59 Å². The van der Waals surface area contributed by atoms with E-state index >= 15 is 0 Å². The highest BCUT2D eigenvalue weighted by Crippen LogP contribution is 2.23. The molecule has 0 unspecified atom stereocenters. The maximum atomic E-state index is 12.1. The average molecular weight is 310 g/mol. The maximum Gasteiger partial charge on any atom is 0.251 e. The molecule has 2 aromatic rings. The van der Waals surface area contributed by atoms with Gasteiger partial charge < -0.3 is 10.6 Å². The molecule has 2 rings (SSSR count). The molecule has 2 amide bonds. The lowest BCUT2D eigenvalue weighted by atomic mass is 10.0. The third kappa shape index (κ3) is 4.68. The van der Waals surface area contributed by atoms with Gasteiger partial charge in [-0.2, -0.15) is 0 Å². The van der Waals surface area contributed by atoms with E-state index in [1.54, 1.807) is 12.1 Å². The van der Waals surface area contributed by atoms with Crippen LogP contribution in [-0.4, -0.2) is 18.4 Å². The largest absolute Gasteiger partial charge is 0.343 e. The van der Waals surface area contributed by atoms with E-state index in [1.165, 1.54) is 0 Å². The number of anilines is 1. The molecule has 0 bridgehead atoms. The van der Waals surface area contributed by atoms with Crippen molar-refractivity contribution in [3.05, 3.63) is 65.2 Å². The summed E-state index contributed by atoms with van der Waals surface area (Å²) in [6.45, 7) is 6.05. The molecule has 0 aliphatic heterocycles. The molecule has 2 N–H and O–H groups in total. The average Bonchev–Trinajstić information content (AvgIpc) is 2.53. The first-order chi connectivity index (χ1) is 11.0. The molecule has 0 aromatic heterocycles. The summed E-state index contributed by atoms with van der Waals surface area (Å²) < 4.78 is 0. The van der Waals surface area contributed by atoms with Gasteiger partial charge in [0.2, 0.25) is 5.91 Å². The van der Waals surface area contributed by atoms with Crippen LogP contribution in [0.3, 0.4) is 0 Å². The van der Waals surface area contributed by atoms with Gasteiger partial charge in [0.05, 0.1) is 6.54 Å². The number of carbonyl (C=O) groups excluding carboxylic acids is 2. The van der Waals surface area contributed by atoms with E-state index < -0.39 is 0 Å². The minimum absolute atomic E-state index is 0.0564. The highest BCUT2D eigenvalue weighted by atomic mass is 16.2. The second-order valence-corrected chi connectivity index (χ2v) is 5.84. The smallest absolute Gasteiger partial charge is 0.251 e. The van der Waals surface area contributed by atoms with Crippen LogP contribution in [0.1, 0.15) is 41.3 Å². The van der Waals surface area contributed by atoms with Crippen molar-refractivity contribution in [1.29, 1.82) is 0 Å². The van der Waals surface area contributed by atoms with Crippen LogP contribution in [-0.2, 0) is 4.79 Å². The van der Waals surface area contributed by atoms with Gasteiger partial charge in [-0.25, -0.2) is 0 Å². The molecule has 4 heteroatoms. The van der Waals surface area contributed by atoms with E-state index in [-0.39, 0.29) is 18.4 Å². The molecule has 23 heavy (non-hydrogen) atoms. The molecule has 4 nitrogen and oxygen atoms in total. The number of hydrogen-bond acceptors (Lipinski definition) is 2. The van der Waals surface area contributed by atoms with Crippen LogP contribution in [0.2, 0.25) is 0 Å². The Bertz CT molecular complexity index is 691. The summed E-state index contributed by atoms with van der Waals surface area (Å²) in [5.41, 5.74) is 3.50. The zero-order valence-electron chi connectivity index (χ0n) is 13.7. The quantitative estimate of drug-likeness (QED) is 0.888. The Balaban J connectivity index is 1.93. The first-order valence-corrected chi connectivity index (χ1v) is 7.71. The molecule has 0 heterocycles. The summed E-state index contributed by atoms with van der Waals surface area (Å²) in [5, 5.41) is 5.49. The SMILES string of the molecule is Cc1ccc(C(=O)NCC(=O)Nc2ccccc2C(C)C)cc1. The fourth-order valence-electron chi connectivity index (χ4n) is 2.28. The molecular formula is C19H22N2O2. The van der Waals surface area contributed by atoms with Gasteiger partial charge in [0.25, 0.3) is 5.91 Å². The summed E-state index contributed by atoms with van der Waals surface area (Å²) in [6.07, 6.45) is 0. The number of rotatable bonds is 5. The number of hydrogen-bond donors (Lipinski definition) is 2. The van der Waals surface area contributed by atoms with Crippen molar-refractivity contribution >= 4 is 17.5 Å². The van der Waals surface area contributed by atoms with Crippen LogP contribution in [0, 0.1) is 6.92 Å². The van der Waals surface area contributed by atoms with E-state index in [0.717, 1.165) is 16.8 Å². The lowest BCUT2D eigenvalue weighted by Crippen LogP contribution is -2.33. The molecular weight excluding hydrogens is 288 g/mol. The monoisotopic (exact) mass is 310 g/mol. The zero-order chi connectivity index (χ0) is 16.8. The molecule has 0 aliphatic rings. The second-order valence-electron chi connectivity index (χ2n) is 5.84. The lowest BCUT2D eigenvalue weighted by Gasteiger charge is -2.14. The second kappa shape index (κ2) is 7.58. The van der Waals surface area contributed by atoms with Gasteiger partial charge in [0.15, 0.2) is 0 Å². The molecule has 2 aromatic carbocycles. The molecule has 120 valence electrons. The van der Waals surface area contributed by atoms with Crippen molar-refractivity contribution in [3.8, 4) is 0 Å². The molecule has 0 spiro atoms. The van der Waals surface area contributed by atoms with Gasteiger partial charge in [-0.3, -0.25) is 9.59 Å². The van der Waals surface area contributed by atoms with Crippen LogP contribution < -0.4 is 10.6 Å². The molecule has 0 aliphatic carbocycles. The van der Waals surface area contributed by atoms with Gasteiger partial charge in [0, 0.05) is 11.3 Å². The summed E-state index contributed by atoms with van der Waals surface area (Å²) in [7, 11) is 0. The highest BCUT2D eigenvalue weighted by molar-refractivity contribution is 5.99. The number of nitrogens with one attached hydrogen (secondary N) is 2. The normalized spacial score (nSPS) is 10.4. The summed E-state index contributed by atoms with van der Waals surface area (Å²) >= 11 is 0. The van der Waals surface area contributed by atoms with Crippen molar-refractivity contribution in [2.24, 2.45) is 0 Å². The number of carbonyl (C=O) groups is 2. The van der Waals surface area contributed by atoms with E-state index in [1.807, 2.05) is 43.3 Å². The molecule has 0 saturated heterocycles. The molecule has 0 saturated carbocycles. The Morgan fingerprint density at radius 3 is 2.30 bits per heavy atom. The predicted molar refractivity (Wildman–Crippen MR) is 92.7 cm³/mol. The Labute approximate surface area is 136 Å². The van der Waals surface area contributed by atoms with Crippen LogP contribution in [0.4, 0.5) is 5.69 Å². The number of amides is 2. The molecule has 0 atom stereocenters. The third-order valence-electron chi connectivity index (χ3n) is 3.58. The van der Waals surface area contributed by atoms with Crippen molar-refractivity contribution in [2.45, 2.75) is 26.7 Å². The van der Waals surface area contributed by atoms with Crippen molar-refractivity contribution in [2.75, 3.05) is 11.9 Å². The van der Waals surface area contributed by atoms with Crippen molar-refractivity contribution in [3.63, 3.8) is 0 Å². The Hall–Kier alpha value is -2.62. The first-order valence-electron chi connectivity index (χ1n) is 7.71. The van der Waals surface area contributed by atoms with Crippen molar-refractivity contribution < 1.29 is 9.59 Å². The molecule has 0 fully saturated rings. The Kier molecular flexibility index (Phi) is 5.52. The summed E-state index contributed by atoms with van der Waals surface area (Å²) in [4.78, 5) is 24.0. The zero-order valence-corrected chi connectivity index (χ0v) is 13.7. The van der Waals surface area contributed by atoms with Crippen LogP contribution in [0.15, 0.2) is 48.5 Å². The highest BCUT2D eigenvalue weighted by Gasteiger charge is 2.11. The van der Waals surface area contributed by atoms with Gasteiger partial charge in [-0.15, -0.1) is 0 Å². The first kappa shape index (κ1) is 16.7. The van der Waals surface area contributed by atoms with E-state index in [2.05, 4.69) is 24.5 Å². The third-order valence-corrected chi connectivity index (χ3v) is 3.58. The number of benzene rings is 2. The predicted octanol–water partition coefficient (Wildman–Crippen LogP) is 3.49. The number of aryl methyl sites for hydroxylation is 1. The van der Waals surface area contributed by atoms with Gasteiger partial charge in [-0.1, -0.05) is 49.7 Å². The van der Waals surface area contributed by atoms with Gasteiger partial charge >= 0.3 is 0 Å². The topological polar surface area (TPSA) is 58.2 Å².